The molecule has 0 saturated carbocycles. The summed E-state index contributed by atoms with van der Waals surface area (Å²) in [5.41, 5.74) is 8.13. The zero-order chi connectivity index (χ0) is 13.1. The van der Waals surface area contributed by atoms with Crippen molar-refractivity contribution >= 4 is 46.0 Å². The fraction of sp³-hybridized carbons (Fsp3) is 0.0833. The SMILES string of the molecule is CN=CC(=CN)c1cnc2ccc(Cl)nc2c1Cl. The van der Waals surface area contributed by atoms with Crippen LogP contribution in [0.4, 0.5) is 0 Å². The van der Waals surface area contributed by atoms with Gasteiger partial charge >= 0.3 is 0 Å². The molecule has 0 bridgehead atoms. The molecule has 2 rings (SSSR count). The topological polar surface area (TPSA) is 64.2 Å². The molecule has 0 aliphatic heterocycles. The van der Waals surface area contributed by atoms with E-state index in [1.807, 2.05) is 0 Å². The molecule has 0 aliphatic rings. The van der Waals surface area contributed by atoms with Gasteiger partial charge in [-0.2, -0.15) is 0 Å². The molecule has 4 nitrogen and oxygen atoms in total. The molecule has 0 unspecified atom stereocenters. The number of hydrogen-bond donors (Lipinski definition) is 1. The summed E-state index contributed by atoms with van der Waals surface area (Å²) in [7, 11) is 1.65. The average Bonchev–Trinajstić information content (AvgIpc) is 2.38. The van der Waals surface area contributed by atoms with Crippen molar-refractivity contribution in [3.05, 3.63) is 40.3 Å². The molecule has 0 fully saturated rings. The van der Waals surface area contributed by atoms with Gasteiger partial charge in [0, 0.05) is 36.8 Å². The smallest absolute Gasteiger partial charge is 0.129 e. The summed E-state index contributed by atoms with van der Waals surface area (Å²) in [5, 5.41) is 0.824. The van der Waals surface area contributed by atoms with E-state index in [9.17, 15) is 0 Å². The Morgan fingerprint density at radius 2 is 2.17 bits per heavy atom. The molecule has 0 spiro atoms. The molecule has 2 heterocycles. The van der Waals surface area contributed by atoms with Crippen LogP contribution in [0.15, 0.2) is 29.5 Å². The number of nitrogens with two attached hydrogens (primary N) is 1. The van der Waals surface area contributed by atoms with Crippen LogP contribution < -0.4 is 5.73 Å². The number of pyridine rings is 2. The Balaban J connectivity index is 2.71. The predicted molar refractivity (Wildman–Crippen MR) is 76.1 cm³/mol. The Bertz CT molecular complexity index is 650. The first-order valence-corrected chi connectivity index (χ1v) is 5.88. The first-order valence-electron chi connectivity index (χ1n) is 5.12. The minimum atomic E-state index is 0.366. The lowest BCUT2D eigenvalue weighted by Crippen LogP contribution is -1.96. The molecule has 0 amide bonds. The number of nitrogens with zero attached hydrogens (tertiary/aromatic N) is 3. The second-order valence-electron chi connectivity index (χ2n) is 3.50. The number of halogens is 2. The van der Waals surface area contributed by atoms with Crippen LogP contribution in [-0.2, 0) is 0 Å². The number of rotatable bonds is 2. The van der Waals surface area contributed by atoms with Crippen LogP contribution in [0.5, 0.6) is 0 Å². The van der Waals surface area contributed by atoms with E-state index in [0.29, 0.717) is 32.3 Å². The minimum Gasteiger partial charge on any atom is -0.404 e. The first kappa shape index (κ1) is 12.8. The Kier molecular flexibility index (Phi) is 3.79. The Hall–Kier alpha value is -1.65. The Morgan fingerprint density at radius 1 is 1.39 bits per heavy atom. The van der Waals surface area contributed by atoms with E-state index in [1.165, 1.54) is 6.20 Å². The van der Waals surface area contributed by atoms with Crippen LogP contribution in [0.2, 0.25) is 10.2 Å². The van der Waals surface area contributed by atoms with E-state index >= 15 is 0 Å². The van der Waals surface area contributed by atoms with E-state index in [0.717, 1.165) is 0 Å². The van der Waals surface area contributed by atoms with Gasteiger partial charge in [0.25, 0.3) is 0 Å². The summed E-state index contributed by atoms with van der Waals surface area (Å²) in [6.07, 6.45) is 4.67. The van der Waals surface area contributed by atoms with Crippen molar-refractivity contribution in [1.29, 1.82) is 0 Å². The van der Waals surface area contributed by atoms with Gasteiger partial charge in [-0.05, 0) is 12.1 Å². The second-order valence-corrected chi connectivity index (χ2v) is 4.26. The molecule has 0 atom stereocenters. The van der Waals surface area contributed by atoms with E-state index in [4.69, 9.17) is 28.9 Å². The Morgan fingerprint density at radius 3 is 2.83 bits per heavy atom. The molecule has 0 aromatic carbocycles. The number of allylic oxidation sites excluding steroid dienone is 1. The van der Waals surface area contributed by atoms with E-state index in [2.05, 4.69) is 15.0 Å². The quantitative estimate of drug-likeness (QED) is 0.680. The van der Waals surface area contributed by atoms with Crippen molar-refractivity contribution in [3.8, 4) is 0 Å². The Labute approximate surface area is 114 Å². The molecular formula is C12H10Cl2N4. The molecule has 2 aromatic heterocycles. The van der Waals surface area contributed by atoms with Gasteiger partial charge in [-0.1, -0.05) is 23.2 Å². The van der Waals surface area contributed by atoms with Crippen molar-refractivity contribution in [2.75, 3.05) is 7.05 Å². The van der Waals surface area contributed by atoms with Gasteiger partial charge in [-0.25, -0.2) is 4.98 Å². The largest absolute Gasteiger partial charge is 0.404 e. The molecule has 0 aliphatic carbocycles. The summed E-state index contributed by atoms with van der Waals surface area (Å²) < 4.78 is 0. The maximum Gasteiger partial charge on any atom is 0.129 e. The molecular weight excluding hydrogens is 271 g/mol. The van der Waals surface area contributed by atoms with Crippen molar-refractivity contribution in [1.82, 2.24) is 9.97 Å². The second kappa shape index (κ2) is 5.33. The third kappa shape index (κ3) is 2.30. The van der Waals surface area contributed by atoms with Crippen LogP contribution in [0.1, 0.15) is 5.56 Å². The lowest BCUT2D eigenvalue weighted by molar-refractivity contribution is 1.32. The predicted octanol–water partition coefficient (Wildman–Crippen LogP) is 2.94. The highest BCUT2D eigenvalue weighted by molar-refractivity contribution is 6.38. The molecule has 0 radical (unpaired) electrons. The van der Waals surface area contributed by atoms with Gasteiger partial charge in [0.1, 0.15) is 10.7 Å². The zero-order valence-corrected chi connectivity index (χ0v) is 11.1. The summed E-state index contributed by atoms with van der Waals surface area (Å²) >= 11 is 12.2. The highest BCUT2D eigenvalue weighted by atomic mass is 35.5. The summed E-state index contributed by atoms with van der Waals surface area (Å²) in [4.78, 5) is 12.4. The van der Waals surface area contributed by atoms with Gasteiger partial charge in [-0.3, -0.25) is 9.98 Å². The van der Waals surface area contributed by atoms with Gasteiger partial charge in [-0.15, -0.1) is 0 Å². The molecule has 2 N–H and O–H groups in total. The van der Waals surface area contributed by atoms with Crippen molar-refractivity contribution < 1.29 is 0 Å². The summed E-state index contributed by atoms with van der Waals surface area (Å²) in [6, 6.07) is 3.43. The fourth-order valence-corrected chi connectivity index (χ4v) is 2.00. The van der Waals surface area contributed by atoms with Crippen LogP contribution in [0.3, 0.4) is 0 Å². The minimum absolute atomic E-state index is 0.366. The van der Waals surface area contributed by atoms with Gasteiger partial charge in [0.2, 0.25) is 0 Å². The maximum atomic E-state index is 6.30. The lowest BCUT2D eigenvalue weighted by Gasteiger charge is -2.06. The number of aliphatic imine (C=N–C) groups is 1. The number of hydrogen-bond acceptors (Lipinski definition) is 4. The van der Waals surface area contributed by atoms with Crippen LogP contribution in [0, 0.1) is 0 Å². The lowest BCUT2D eigenvalue weighted by atomic mass is 10.1. The van der Waals surface area contributed by atoms with E-state index in [-0.39, 0.29) is 0 Å². The third-order valence-electron chi connectivity index (χ3n) is 2.38. The maximum absolute atomic E-state index is 6.30. The summed E-state index contributed by atoms with van der Waals surface area (Å²) in [5.74, 6) is 0. The van der Waals surface area contributed by atoms with Crippen molar-refractivity contribution in [2.24, 2.45) is 10.7 Å². The van der Waals surface area contributed by atoms with Crippen molar-refractivity contribution in [3.63, 3.8) is 0 Å². The molecule has 6 heteroatoms. The fourth-order valence-electron chi connectivity index (χ4n) is 1.55. The van der Waals surface area contributed by atoms with E-state index in [1.54, 1.807) is 31.6 Å². The highest BCUT2D eigenvalue weighted by Gasteiger charge is 2.11. The van der Waals surface area contributed by atoms with Gasteiger partial charge in [0.15, 0.2) is 0 Å². The molecule has 2 aromatic rings. The van der Waals surface area contributed by atoms with Crippen LogP contribution in [-0.4, -0.2) is 23.2 Å². The van der Waals surface area contributed by atoms with Crippen LogP contribution >= 0.6 is 23.2 Å². The van der Waals surface area contributed by atoms with Gasteiger partial charge < -0.3 is 5.73 Å². The number of aromatic nitrogens is 2. The van der Waals surface area contributed by atoms with Gasteiger partial charge in [0.05, 0.1) is 10.5 Å². The molecule has 18 heavy (non-hydrogen) atoms. The summed E-state index contributed by atoms with van der Waals surface area (Å²) in [6.45, 7) is 0. The van der Waals surface area contributed by atoms with Crippen molar-refractivity contribution in [2.45, 2.75) is 0 Å². The van der Waals surface area contributed by atoms with Crippen LogP contribution in [0.25, 0.3) is 16.6 Å². The molecule has 92 valence electrons. The highest BCUT2D eigenvalue weighted by Crippen LogP contribution is 2.28. The zero-order valence-electron chi connectivity index (χ0n) is 9.56. The number of fused-ring (bicyclic) bond motifs is 1. The first-order chi connectivity index (χ1) is 8.67. The molecule has 0 saturated heterocycles. The normalized spacial score (nSPS) is 12.5. The third-order valence-corrected chi connectivity index (χ3v) is 2.97. The van der Waals surface area contributed by atoms with E-state index < -0.39 is 0 Å². The monoisotopic (exact) mass is 280 g/mol. The average molecular weight is 281 g/mol. The standard InChI is InChI=1S/C12H10Cl2N4/c1-16-5-7(4-15)8-6-17-9-2-3-10(13)18-12(9)11(8)14/h2-6H,15H2,1H3.